The van der Waals surface area contributed by atoms with Gasteiger partial charge in [-0.25, -0.2) is 4.39 Å². The Labute approximate surface area is 211 Å². The molecule has 0 aromatic heterocycles. The molecule has 0 amide bonds. The van der Waals surface area contributed by atoms with Crippen molar-refractivity contribution in [1.29, 1.82) is 0 Å². The number of likely N-dealkylation sites (tertiary alicyclic amines) is 1. The first-order valence-electron chi connectivity index (χ1n) is 12.2. The van der Waals surface area contributed by atoms with Gasteiger partial charge in [0.2, 0.25) is 0 Å². The van der Waals surface area contributed by atoms with Crippen molar-refractivity contribution >= 4 is 0 Å². The van der Waals surface area contributed by atoms with Gasteiger partial charge in [0.1, 0.15) is 11.6 Å². The van der Waals surface area contributed by atoms with Crippen LogP contribution in [0.5, 0.6) is 0 Å². The zero-order valence-electron chi connectivity index (χ0n) is 21.7. The van der Waals surface area contributed by atoms with Gasteiger partial charge >= 0.3 is 0 Å². The van der Waals surface area contributed by atoms with E-state index in [2.05, 4.69) is 35.5 Å². The molecule has 0 spiro atoms. The van der Waals surface area contributed by atoms with Crippen molar-refractivity contribution in [2.45, 2.75) is 51.6 Å². The van der Waals surface area contributed by atoms with Crippen LogP contribution in [0.2, 0.25) is 0 Å². The normalized spacial score (nSPS) is 15.7. The molecule has 0 bridgehead atoms. The van der Waals surface area contributed by atoms with Gasteiger partial charge in [-0.05, 0) is 36.0 Å². The fraction of sp³-hybridized carbons (Fsp3) is 0.379. The molecule has 190 valence electrons. The van der Waals surface area contributed by atoms with E-state index >= 15 is 0 Å². The predicted octanol–water partition coefficient (Wildman–Crippen LogP) is 5.26. The maximum atomic E-state index is 12.8. The molecule has 35 heavy (non-hydrogen) atoms. The summed E-state index contributed by atoms with van der Waals surface area (Å²) in [6.07, 6.45) is 2.78. The summed E-state index contributed by atoms with van der Waals surface area (Å²) in [5, 5.41) is 3.47. The molecule has 2 aromatic rings. The summed E-state index contributed by atoms with van der Waals surface area (Å²) in [5.41, 5.74) is 16.9. The third-order valence-corrected chi connectivity index (χ3v) is 6.16. The topological polar surface area (TPSA) is 70.5 Å². The Kier molecular flexibility index (Phi) is 10.7. The minimum atomic E-state index is -0.0995. The van der Waals surface area contributed by atoms with Crippen molar-refractivity contribution in [3.8, 4) is 0 Å². The van der Waals surface area contributed by atoms with Crippen molar-refractivity contribution in [3.05, 3.63) is 108 Å². The molecule has 3 rings (SSSR count). The lowest BCUT2D eigenvalue weighted by Crippen LogP contribution is -2.35. The molecule has 1 atom stereocenters. The van der Waals surface area contributed by atoms with E-state index in [-0.39, 0.29) is 17.8 Å². The van der Waals surface area contributed by atoms with Crippen LogP contribution in [0.3, 0.4) is 0 Å². The third-order valence-electron chi connectivity index (χ3n) is 6.16. The van der Waals surface area contributed by atoms with E-state index in [1.54, 1.807) is 6.07 Å². The van der Waals surface area contributed by atoms with E-state index in [0.717, 1.165) is 42.9 Å². The molecule has 0 saturated carbocycles. The van der Waals surface area contributed by atoms with E-state index in [4.69, 9.17) is 11.5 Å². The first-order valence-corrected chi connectivity index (χ1v) is 12.2. The molecule has 0 radical (unpaired) electrons. The van der Waals surface area contributed by atoms with E-state index in [9.17, 15) is 4.39 Å². The molecule has 6 heteroatoms. The Morgan fingerprint density at radius 1 is 1.09 bits per heavy atom. The van der Waals surface area contributed by atoms with Crippen molar-refractivity contribution in [3.63, 3.8) is 0 Å². The zero-order valence-corrected chi connectivity index (χ0v) is 21.7. The molecule has 5 nitrogen and oxygen atoms in total. The van der Waals surface area contributed by atoms with E-state index in [1.165, 1.54) is 11.6 Å². The molecule has 1 heterocycles. The van der Waals surface area contributed by atoms with Crippen molar-refractivity contribution in [1.82, 2.24) is 15.1 Å². The minimum absolute atomic E-state index is 0.0995. The molecular formula is C29H42FN5. The molecule has 1 saturated heterocycles. The Bertz CT molecular complexity index is 997. The van der Waals surface area contributed by atoms with Crippen LogP contribution in [-0.2, 0) is 6.54 Å². The molecule has 1 unspecified atom stereocenters. The Hall–Kier alpha value is -3.41. The smallest absolute Gasteiger partial charge is 0.126 e. The number of nitrogens with one attached hydrogen (secondary N) is 1. The van der Waals surface area contributed by atoms with Crippen LogP contribution >= 0.6 is 0 Å². The molecule has 2 aromatic carbocycles. The lowest BCUT2D eigenvalue weighted by Gasteiger charge is -2.31. The van der Waals surface area contributed by atoms with Crippen molar-refractivity contribution in [2.24, 2.45) is 11.5 Å². The minimum Gasteiger partial charge on any atom is -0.399 e. The predicted molar refractivity (Wildman–Crippen MR) is 145 cm³/mol. The zero-order chi connectivity index (χ0) is 26.0. The standard InChI is InChI=1S/C20H31N5.C9H11F/c1-15(13-18(21)20(22)24(3)4)25-12-8-11-19(25)16(2)23-14-17-9-6-5-7-10-17;1-7(2)8-5-3-4-6-9(8)10/h5-7,9-10,19,23H,1-2,8,11-14,21-22H2,3-4H3;3-7H,1-2H3/b20-18+;. The highest BCUT2D eigenvalue weighted by atomic mass is 19.1. The average molecular weight is 480 g/mol. The summed E-state index contributed by atoms with van der Waals surface area (Å²) in [6, 6.07) is 17.5. The fourth-order valence-corrected chi connectivity index (χ4v) is 4.08. The van der Waals surface area contributed by atoms with E-state index < -0.39 is 0 Å². The summed E-state index contributed by atoms with van der Waals surface area (Å²) in [7, 11) is 3.78. The first kappa shape index (κ1) is 27.8. The highest BCUT2D eigenvalue weighted by molar-refractivity contribution is 5.21. The Balaban J connectivity index is 0.000000360. The highest BCUT2D eigenvalue weighted by Gasteiger charge is 2.28. The van der Waals surface area contributed by atoms with Gasteiger partial charge in [0.25, 0.3) is 0 Å². The van der Waals surface area contributed by atoms with Gasteiger partial charge in [-0.15, -0.1) is 0 Å². The van der Waals surface area contributed by atoms with Crippen LogP contribution in [0.25, 0.3) is 0 Å². The second kappa shape index (κ2) is 13.5. The van der Waals surface area contributed by atoms with Gasteiger partial charge in [0, 0.05) is 45.0 Å². The number of nitrogens with zero attached hydrogens (tertiary/aromatic N) is 2. The van der Waals surface area contributed by atoms with Crippen LogP contribution < -0.4 is 16.8 Å². The number of benzene rings is 2. The molecule has 5 N–H and O–H groups in total. The Morgan fingerprint density at radius 2 is 1.71 bits per heavy atom. The average Bonchev–Trinajstić information content (AvgIpc) is 3.33. The second-order valence-corrected chi connectivity index (χ2v) is 9.44. The fourth-order valence-electron chi connectivity index (χ4n) is 4.08. The van der Waals surface area contributed by atoms with Gasteiger partial charge in [-0.3, -0.25) is 0 Å². The number of halogens is 1. The van der Waals surface area contributed by atoms with Crippen molar-refractivity contribution < 1.29 is 4.39 Å². The number of hydrogen-bond acceptors (Lipinski definition) is 5. The lowest BCUT2D eigenvalue weighted by molar-refractivity contribution is 0.336. The highest BCUT2D eigenvalue weighted by Crippen LogP contribution is 2.28. The lowest BCUT2D eigenvalue weighted by atomic mass is 10.0. The molecular weight excluding hydrogens is 437 g/mol. The van der Waals surface area contributed by atoms with E-state index in [0.29, 0.717) is 17.9 Å². The molecule has 1 aliphatic rings. The summed E-state index contributed by atoms with van der Waals surface area (Å²) in [6.45, 7) is 14.2. The number of rotatable bonds is 9. The summed E-state index contributed by atoms with van der Waals surface area (Å²) in [5.74, 6) is 0.775. The van der Waals surface area contributed by atoms with Gasteiger partial charge in [0.15, 0.2) is 0 Å². The Morgan fingerprint density at radius 3 is 2.29 bits per heavy atom. The quantitative estimate of drug-likeness (QED) is 0.458. The maximum absolute atomic E-state index is 12.8. The van der Waals surface area contributed by atoms with Gasteiger partial charge < -0.3 is 26.6 Å². The van der Waals surface area contributed by atoms with Crippen LogP contribution in [0.15, 0.2) is 90.7 Å². The maximum Gasteiger partial charge on any atom is 0.126 e. The van der Waals surface area contributed by atoms with Crippen LogP contribution in [-0.4, -0.2) is 36.5 Å². The van der Waals surface area contributed by atoms with Crippen LogP contribution in [0, 0.1) is 5.82 Å². The first-order chi connectivity index (χ1) is 16.6. The third kappa shape index (κ3) is 8.39. The summed E-state index contributed by atoms with van der Waals surface area (Å²) in [4.78, 5) is 4.13. The number of nitrogens with two attached hydrogens (primary N) is 2. The van der Waals surface area contributed by atoms with Gasteiger partial charge in [-0.1, -0.05) is 75.5 Å². The van der Waals surface area contributed by atoms with Gasteiger partial charge in [0.05, 0.1) is 11.7 Å². The number of hydrogen-bond donors (Lipinski definition) is 3. The monoisotopic (exact) mass is 479 g/mol. The molecule has 1 aliphatic heterocycles. The van der Waals surface area contributed by atoms with Gasteiger partial charge in [-0.2, -0.15) is 0 Å². The summed E-state index contributed by atoms with van der Waals surface area (Å²) >= 11 is 0. The molecule has 0 aliphatic carbocycles. The largest absolute Gasteiger partial charge is 0.399 e. The van der Waals surface area contributed by atoms with Crippen LogP contribution in [0.4, 0.5) is 4.39 Å². The van der Waals surface area contributed by atoms with Crippen molar-refractivity contribution in [2.75, 3.05) is 20.6 Å². The van der Waals surface area contributed by atoms with Crippen LogP contribution in [0.1, 0.15) is 50.2 Å². The second-order valence-electron chi connectivity index (χ2n) is 9.44. The van der Waals surface area contributed by atoms with E-state index in [1.807, 2.05) is 63.2 Å². The SMILES string of the molecule is C=C(NCc1ccccc1)C1CCCN1C(=C)C/C(N)=C(/N)N(C)C.CC(C)c1ccccc1F. The molecule has 1 fully saturated rings. The summed E-state index contributed by atoms with van der Waals surface area (Å²) < 4.78 is 12.8.